The van der Waals surface area contributed by atoms with Gasteiger partial charge in [0, 0.05) is 6.54 Å². The molecule has 0 saturated heterocycles. The van der Waals surface area contributed by atoms with Crippen molar-refractivity contribution in [2.24, 2.45) is 0 Å². The second kappa shape index (κ2) is 5.59. The number of sulfonamides is 1. The van der Waals surface area contributed by atoms with Crippen LogP contribution in [0, 0.1) is 11.3 Å². The van der Waals surface area contributed by atoms with Gasteiger partial charge in [-0.2, -0.15) is 5.26 Å². The number of hydrogen-bond acceptors (Lipinski definition) is 5. The fraction of sp³-hybridized carbons (Fsp3) is 0.200. The molecular weight excluding hydrogens is 260 g/mol. The van der Waals surface area contributed by atoms with Crippen molar-refractivity contribution in [3.8, 4) is 6.07 Å². The molecule has 7 nitrogen and oxygen atoms in total. The highest BCUT2D eigenvalue weighted by Gasteiger charge is 2.19. The third kappa shape index (κ3) is 3.53. The Morgan fingerprint density at radius 3 is 2.39 bits per heavy atom. The maximum absolute atomic E-state index is 11.7. The van der Waals surface area contributed by atoms with Gasteiger partial charge in [0.1, 0.15) is 0 Å². The quantitative estimate of drug-likeness (QED) is 0.648. The Hall–Kier alpha value is -1.95. The van der Waals surface area contributed by atoms with E-state index in [4.69, 9.17) is 15.5 Å². The van der Waals surface area contributed by atoms with Crippen LogP contribution in [-0.2, 0) is 14.8 Å². The van der Waals surface area contributed by atoms with E-state index in [9.17, 15) is 13.2 Å². The normalized spacial score (nSPS) is 12.7. The van der Waals surface area contributed by atoms with E-state index in [-0.39, 0.29) is 4.90 Å². The van der Waals surface area contributed by atoms with Gasteiger partial charge >= 0.3 is 5.97 Å². The molecule has 0 aromatic heterocycles. The van der Waals surface area contributed by atoms with Crippen molar-refractivity contribution in [2.45, 2.75) is 11.0 Å². The number of nitrogens with zero attached hydrogens (tertiary/aromatic N) is 1. The Morgan fingerprint density at radius 2 is 1.94 bits per heavy atom. The Morgan fingerprint density at radius 1 is 1.39 bits per heavy atom. The highest BCUT2D eigenvalue weighted by Crippen LogP contribution is 2.09. The van der Waals surface area contributed by atoms with Crippen LogP contribution in [-0.4, -0.2) is 37.2 Å². The smallest absolute Gasteiger partial charge is 0.333 e. The van der Waals surface area contributed by atoms with E-state index in [1.807, 2.05) is 10.8 Å². The second-order valence-corrected chi connectivity index (χ2v) is 5.11. The summed E-state index contributed by atoms with van der Waals surface area (Å²) < 4.78 is 25.3. The number of nitriles is 1. The third-order valence-electron chi connectivity index (χ3n) is 2.05. The van der Waals surface area contributed by atoms with Gasteiger partial charge in [0.2, 0.25) is 10.0 Å². The minimum absolute atomic E-state index is 0.112. The van der Waals surface area contributed by atoms with Gasteiger partial charge in [-0.25, -0.2) is 17.9 Å². The summed E-state index contributed by atoms with van der Waals surface area (Å²) in [5, 5.41) is 25.9. The van der Waals surface area contributed by atoms with Crippen LogP contribution in [0.1, 0.15) is 5.56 Å². The maximum atomic E-state index is 11.7. The lowest BCUT2D eigenvalue weighted by atomic mass is 10.2. The molecule has 3 N–H and O–H groups in total. The Kier molecular flexibility index (Phi) is 4.38. The molecule has 1 unspecified atom stereocenters. The van der Waals surface area contributed by atoms with Gasteiger partial charge in [-0.3, -0.25) is 0 Å². The van der Waals surface area contributed by atoms with Gasteiger partial charge in [0.15, 0.2) is 6.10 Å². The zero-order chi connectivity index (χ0) is 13.8. The van der Waals surface area contributed by atoms with Crippen LogP contribution in [0.4, 0.5) is 0 Å². The van der Waals surface area contributed by atoms with Crippen molar-refractivity contribution < 1.29 is 23.4 Å². The number of aliphatic carboxylic acids is 1. The van der Waals surface area contributed by atoms with Crippen LogP contribution in [0.5, 0.6) is 0 Å². The largest absolute Gasteiger partial charge is 0.479 e. The highest BCUT2D eigenvalue weighted by atomic mass is 32.2. The van der Waals surface area contributed by atoms with Crippen molar-refractivity contribution in [1.82, 2.24) is 4.72 Å². The lowest BCUT2D eigenvalue weighted by Crippen LogP contribution is -2.36. The number of carbonyl (C=O) groups is 1. The average molecular weight is 270 g/mol. The maximum Gasteiger partial charge on any atom is 0.333 e. The predicted molar refractivity (Wildman–Crippen MR) is 60.0 cm³/mol. The van der Waals surface area contributed by atoms with Crippen LogP contribution in [0.2, 0.25) is 0 Å². The summed E-state index contributed by atoms with van der Waals surface area (Å²) in [5.41, 5.74) is 0.305. The van der Waals surface area contributed by atoms with Gasteiger partial charge in [0.05, 0.1) is 16.5 Å². The molecule has 18 heavy (non-hydrogen) atoms. The number of aliphatic hydroxyl groups excluding tert-OH is 1. The molecule has 0 aliphatic carbocycles. The zero-order valence-corrected chi connectivity index (χ0v) is 9.88. The van der Waals surface area contributed by atoms with E-state index >= 15 is 0 Å². The summed E-state index contributed by atoms with van der Waals surface area (Å²) in [6.07, 6.45) is -1.81. The Bertz CT molecular complexity index is 573. The highest BCUT2D eigenvalue weighted by molar-refractivity contribution is 7.89. The minimum atomic E-state index is -3.90. The first-order chi connectivity index (χ1) is 8.36. The molecule has 8 heteroatoms. The molecule has 1 atom stereocenters. The molecule has 0 aliphatic rings. The molecule has 1 aromatic carbocycles. The number of aliphatic hydroxyl groups is 1. The Balaban J connectivity index is 2.80. The van der Waals surface area contributed by atoms with Gasteiger partial charge < -0.3 is 10.2 Å². The number of hydrogen-bond donors (Lipinski definition) is 3. The van der Waals surface area contributed by atoms with Crippen molar-refractivity contribution in [3.63, 3.8) is 0 Å². The first-order valence-corrected chi connectivity index (χ1v) is 6.26. The van der Waals surface area contributed by atoms with Crippen LogP contribution in [0.15, 0.2) is 29.2 Å². The molecule has 0 heterocycles. The fourth-order valence-electron chi connectivity index (χ4n) is 1.07. The lowest BCUT2D eigenvalue weighted by Gasteiger charge is -2.08. The molecule has 0 fully saturated rings. The monoisotopic (exact) mass is 270 g/mol. The molecule has 0 spiro atoms. The third-order valence-corrected chi connectivity index (χ3v) is 3.48. The van der Waals surface area contributed by atoms with Crippen molar-refractivity contribution in [1.29, 1.82) is 5.26 Å². The summed E-state index contributed by atoms with van der Waals surface area (Å²) >= 11 is 0. The summed E-state index contributed by atoms with van der Waals surface area (Å²) in [5.74, 6) is -1.52. The Labute approximate surface area is 103 Å². The van der Waals surface area contributed by atoms with E-state index in [1.165, 1.54) is 24.3 Å². The summed E-state index contributed by atoms with van der Waals surface area (Å²) in [4.78, 5) is 10.2. The predicted octanol–water partition coefficient (Wildman–Crippen LogP) is -0.718. The molecule has 0 bridgehead atoms. The van der Waals surface area contributed by atoms with E-state index < -0.39 is 28.6 Å². The van der Waals surface area contributed by atoms with Crippen molar-refractivity contribution in [3.05, 3.63) is 29.8 Å². The van der Waals surface area contributed by atoms with E-state index in [0.29, 0.717) is 5.56 Å². The van der Waals surface area contributed by atoms with Gasteiger partial charge in [-0.05, 0) is 24.3 Å². The fourth-order valence-corrected chi connectivity index (χ4v) is 2.11. The second-order valence-electron chi connectivity index (χ2n) is 3.34. The van der Waals surface area contributed by atoms with E-state index in [0.717, 1.165) is 0 Å². The molecule has 0 amide bonds. The molecule has 1 rings (SSSR count). The van der Waals surface area contributed by atoms with Crippen LogP contribution >= 0.6 is 0 Å². The minimum Gasteiger partial charge on any atom is -0.479 e. The van der Waals surface area contributed by atoms with E-state index in [2.05, 4.69) is 0 Å². The van der Waals surface area contributed by atoms with Crippen LogP contribution < -0.4 is 4.72 Å². The molecular formula is C10H10N2O5S. The standard InChI is InChI=1S/C10H10N2O5S/c11-5-7-1-3-8(4-2-7)18(16,17)12-6-9(13)10(14)15/h1-4,9,12-13H,6H2,(H,14,15). The lowest BCUT2D eigenvalue weighted by molar-refractivity contribution is -0.146. The molecule has 0 saturated carbocycles. The number of benzene rings is 1. The summed E-state index contributed by atoms with van der Waals surface area (Å²) in [6, 6.07) is 6.91. The summed E-state index contributed by atoms with van der Waals surface area (Å²) in [6.45, 7) is -0.627. The number of rotatable bonds is 5. The van der Waals surface area contributed by atoms with Gasteiger partial charge in [-0.1, -0.05) is 0 Å². The molecule has 0 aliphatic heterocycles. The topological polar surface area (TPSA) is 127 Å². The molecule has 0 radical (unpaired) electrons. The average Bonchev–Trinajstić information content (AvgIpc) is 2.36. The molecule has 1 aromatic rings. The van der Waals surface area contributed by atoms with Crippen LogP contribution in [0.3, 0.4) is 0 Å². The number of carboxylic acids is 1. The first kappa shape index (κ1) is 14.1. The summed E-state index contributed by atoms with van der Waals surface area (Å²) in [7, 11) is -3.90. The van der Waals surface area contributed by atoms with Gasteiger partial charge in [-0.15, -0.1) is 0 Å². The van der Waals surface area contributed by atoms with E-state index in [1.54, 1.807) is 0 Å². The van der Waals surface area contributed by atoms with Gasteiger partial charge in [0.25, 0.3) is 0 Å². The zero-order valence-electron chi connectivity index (χ0n) is 9.07. The van der Waals surface area contributed by atoms with Crippen LogP contribution in [0.25, 0.3) is 0 Å². The number of nitrogens with one attached hydrogen (secondary N) is 1. The van der Waals surface area contributed by atoms with Crippen molar-refractivity contribution in [2.75, 3.05) is 6.54 Å². The SMILES string of the molecule is N#Cc1ccc(S(=O)(=O)NCC(O)C(=O)O)cc1. The first-order valence-electron chi connectivity index (χ1n) is 4.77. The van der Waals surface area contributed by atoms with Crippen molar-refractivity contribution >= 4 is 16.0 Å². The number of carboxylic acid groups (broad SMARTS) is 1. The molecule has 96 valence electrons.